The fraction of sp³-hybridized carbons (Fsp3) is 0.0169. The Morgan fingerprint density at radius 1 is 0.246 bits per heavy atom. The van der Waals surface area contributed by atoms with Crippen molar-refractivity contribution < 1.29 is 0 Å². The van der Waals surface area contributed by atoms with Gasteiger partial charge in [0.2, 0.25) is 0 Å². The molecule has 286 valence electrons. The van der Waals surface area contributed by atoms with Gasteiger partial charge in [-0.15, -0.1) is 0 Å². The predicted octanol–water partition coefficient (Wildman–Crippen LogP) is 14.8. The summed E-state index contributed by atoms with van der Waals surface area (Å²) in [6, 6.07) is 87.4. The van der Waals surface area contributed by atoms with E-state index < -0.39 is 5.41 Å². The summed E-state index contributed by atoms with van der Waals surface area (Å²) in [4.78, 5) is 10.3. The van der Waals surface area contributed by atoms with Gasteiger partial charge in [0.15, 0.2) is 5.82 Å². The number of aromatic nitrogens is 2. The lowest BCUT2D eigenvalue weighted by Gasteiger charge is -2.34. The normalized spacial score (nSPS) is 12.4. The van der Waals surface area contributed by atoms with Crippen molar-refractivity contribution in [2.75, 3.05) is 0 Å². The van der Waals surface area contributed by atoms with Gasteiger partial charge in [0.05, 0.1) is 16.8 Å². The van der Waals surface area contributed by atoms with Gasteiger partial charge in [-0.05, 0) is 97.1 Å². The summed E-state index contributed by atoms with van der Waals surface area (Å²) in [5, 5.41) is 0. The molecule has 1 heterocycles. The molecule has 0 amide bonds. The molecule has 1 aromatic heterocycles. The molecular formula is C59H40N2. The monoisotopic (exact) mass is 776 g/mol. The van der Waals surface area contributed by atoms with Gasteiger partial charge in [-0.3, -0.25) is 0 Å². The van der Waals surface area contributed by atoms with Crippen LogP contribution in [0.2, 0.25) is 0 Å². The third-order valence-electron chi connectivity index (χ3n) is 12.2. The molecule has 9 aromatic carbocycles. The van der Waals surface area contributed by atoms with Gasteiger partial charge in [0.1, 0.15) is 0 Å². The number of fused-ring (bicyclic) bond motifs is 3. The fourth-order valence-electron chi connectivity index (χ4n) is 9.38. The van der Waals surface area contributed by atoms with Gasteiger partial charge in [-0.1, -0.05) is 212 Å². The Morgan fingerprint density at radius 2 is 0.689 bits per heavy atom. The summed E-state index contributed by atoms with van der Waals surface area (Å²) in [5.41, 5.74) is 18.9. The van der Waals surface area contributed by atoms with E-state index in [2.05, 4.69) is 218 Å². The van der Waals surface area contributed by atoms with E-state index in [-0.39, 0.29) is 0 Å². The molecule has 2 nitrogen and oxygen atoms in total. The van der Waals surface area contributed by atoms with Crippen molar-refractivity contribution in [3.63, 3.8) is 0 Å². The van der Waals surface area contributed by atoms with Gasteiger partial charge in [-0.2, -0.15) is 0 Å². The van der Waals surface area contributed by atoms with Crippen molar-refractivity contribution >= 4 is 0 Å². The van der Waals surface area contributed by atoms with Gasteiger partial charge in [0.25, 0.3) is 0 Å². The Morgan fingerprint density at radius 3 is 1.31 bits per heavy atom. The van der Waals surface area contributed by atoms with E-state index in [4.69, 9.17) is 9.97 Å². The fourth-order valence-corrected chi connectivity index (χ4v) is 9.38. The summed E-state index contributed by atoms with van der Waals surface area (Å²) in [6.07, 6.45) is 0. The second kappa shape index (κ2) is 15.3. The molecule has 0 N–H and O–H groups in total. The highest BCUT2D eigenvalue weighted by Crippen LogP contribution is 2.58. The minimum absolute atomic E-state index is 0.525. The maximum Gasteiger partial charge on any atom is 0.160 e. The Bertz CT molecular complexity index is 3060. The molecule has 0 radical (unpaired) electrons. The summed E-state index contributed by atoms with van der Waals surface area (Å²) >= 11 is 0. The lowest BCUT2D eigenvalue weighted by molar-refractivity contribution is 0.769. The van der Waals surface area contributed by atoms with E-state index in [1.165, 1.54) is 50.1 Å². The number of benzene rings is 9. The third-order valence-corrected chi connectivity index (χ3v) is 12.2. The zero-order valence-electron chi connectivity index (χ0n) is 33.5. The van der Waals surface area contributed by atoms with Gasteiger partial charge in [0, 0.05) is 16.7 Å². The zero-order chi connectivity index (χ0) is 40.6. The molecule has 0 bridgehead atoms. The molecule has 1 aliphatic carbocycles. The lowest BCUT2D eigenvalue weighted by atomic mass is 9.67. The van der Waals surface area contributed by atoms with E-state index in [0.29, 0.717) is 5.82 Å². The molecule has 0 saturated heterocycles. The van der Waals surface area contributed by atoms with Crippen LogP contribution in [-0.4, -0.2) is 9.97 Å². The van der Waals surface area contributed by atoms with E-state index >= 15 is 0 Å². The topological polar surface area (TPSA) is 25.8 Å². The first-order valence-electron chi connectivity index (χ1n) is 20.9. The highest BCUT2D eigenvalue weighted by molar-refractivity contribution is 5.96. The van der Waals surface area contributed by atoms with Crippen LogP contribution in [0.25, 0.3) is 78.4 Å². The SMILES string of the molecule is c1ccc(-c2cccc(-c3cc4c(cc3-c3cccc(-c5cc(-c6ccccc6)nc(-c6ccccc6)n5)c3)-c3ccccc3C4(c3ccccc3)c3ccccc3)c2)cc1. The van der Waals surface area contributed by atoms with E-state index in [9.17, 15) is 0 Å². The van der Waals surface area contributed by atoms with Gasteiger partial charge in [-0.25, -0.2) is 9.97 Å². The molecule has 0 saturated carbocycles. The maximum atomic E-state index is 5.22. The highest BCUT2D eigenvalue weighted by atomic mass is 14.9. The number of hydrogen-bond acceptors (Lipinski definition) is 2. The largest absolute Gasteiger partial charge is 0.228 e. The van der Waals surface area contributed by atoms with Crippen LogP contribution in [0.3, 0.4) is 0 Å². The molecule has 0 aliphatic heterocycles. The first kappa shape index (κ1) is 36.2. The second-order valence-electron chi connectivity index (χ2n) is 15.7. The summed E-state index contributed by atoms with van der Waals surface area (Å²) in [6.45, 7) is 0. The lowest BCUT2D eigenvalue weighted by Crippen LogP contribution is -2.28. The van der Waals surface area contributed by atoms with Crippen molar-refractivity contribution in [2.24, 2.45) is 0 Å². The molecule has 10 aromatic rings. The molecule has 0 unspecified atom stereocenters. The van der Waals surface area contributed by atoms with Crippen LogP contribution in [0.4, 0.5) is 0 Å². The first-order chi connectivity index (χ1) is 30.2. The van der Waals surface area contributed by atoms with Crippen molar-refractivity contribution in [3.8, 4) is 78.4 Å². The van der Waals surface area contributed by atoms with Crippen LogP contribution in [0.5, 0.6) is 0 Å². The first-order valence-corrected chi connectivity index (χ1v) is 20.9. The van der Waals surface area contributed by atoms with Crippen molar-refractivity contribution in [1.29, 1.82) is 0 Å². The summed E-state index contributed by atoms with van der Waals surface area (Å²) < 4.78 is 0. The molecule has 0 atom stereocenters. The number of hydrogen-bond donors (Lipinski definition) is 0. The van der Waals surface area contributed by atoms with E-state index in [0.717, 1.165) is 44.8 Å². The van der Waals surface area contributed by atoms with Crippen LogP contribution in [0.15, 0.2) is 243 Å². The van der Waals surface area contributed by atoms with E-state index in [1.54, 1.807) is 0 Å². The Kier molecular flexibility index (Phi) is 9.09. The second-order valence-corrected chi connectivity index (χ2v) is 15.7. The van der Waals surface area contributed by atoms with Crippen LogP contribution >= 0.6 is 0 Å². The van der Waals surface area contributed by atoms with Crippen molar-refractivity contribution in [2.45, 2.75) is 5.41 Å². The third kappa shape index (κ3) is 6.37. The molecule has 11 rings (SSSR count). The van der Waals surface area contributed by atoms with Gasteiger partial charge >= 0.3 is 0 Å². The van der Waals surface area contributed by atoms with Crippen LogP contribution < -0.4 is 0 Å². The van der Waals surface area contributed by atoms with E-state index in [1.807, 2.05) is 24.3 Å². The minimum Gasteiger partial charge on any atom is -0.228 e. The standard InChI is InChI=1S/C59H40N2/c1-6-20-41(21-7-1)44-26-18-27-45(36-44)52-39-55-53(50-34-16-17-35-54(50)59(55,48-30-12-4-13-31-48)49-32-14-5-15-33-49)38-51(52)46-28-19-29-47(37-46)57-40-56(42-22-8-2-9-23-42)60-58(61-57)43-24-10-3-11-25-43/h1-40H. The van der Waals surface area contributed by atoms with Crippen LogP contribution in [0.1, 0.15) is 22.3 Å². The Hall–Kier alpha value is -7.94. The molecule has 1 aliphatic rings. The quantitative estimate of drug-likeness (QED) is 0.154. The summed E-state index contributed by atoms with van der Waals surface area (Å²) in [7, 11) is 0. The molecule has 0 spiro atoms. The predicted molar refractivity (Wildman–Crippen MR) is 252 cm³/mol. The summed E-state index contributed by atoms with van der Waals surface area (Å²) in [5.74, 6) is 0.702. The highest BCUT2D eigenvalue weighted by Gasteiger charge is 2.46. The Labute approximate surface area is 357 Å². The van der Waals surface area contributed by atoms with Gasteiger partial charge < -0.3 is 0 Å². The molecular weight excluding hydrogens is 737 g/mol. The van der Waals surface area contributed by atoms with Crippen molar-refractivity contribution in [3.05, 3.63) is 265 Å². The molecule has 61 heavy (non-hydrogen) atoms. The Balaban J connectivity index is 1.17. The van der Waals surface area contributed by atoms with Crippen LogP contribution in [0, 0.1) is 0 Å². The van der Waals surface area contributed by atoms with Crippen LogP contribution in [-0.2, 0) is 5.41 Å². The zero-order valence-corrected chi connectivity index (χ0v) is 33.5. The minimum atomic E-state index is -0.525. The van der Waals surface area contributed by atoms with Crippen molar-refractivity contribution in [1.82, 2.24) is 9.97 Å². The smallest absolute Gasteiger partial charge is 0.160 e. The number of nitrogens with zero attached hydrogens (tertiary/aromatic N) is 2. The molecule has 0 fully saturated rings. The molecule has 2 heteroatoms. The number of rotatable bonds is 8. The average Bonchev–Trinajstić information content (AvgIpc) is 3.65. The average molecular weight is 777 g/mol. The maximum absolute atomic E-state index is 5.22.